The van der Waals surface area contributed by atoms with Crippen molar-refractivity contribution in [3.63, 3.8) is 0 Å². The fourth-order valence-corrected chi connectivity index (χ4v) is 4.04. The highest BCUT2D eigenvalue weighted by molar-refractivity contribution is 5.47. The fraction of sp³-hybridized carbons (Fsp3) is 0.579. The van der Waals surface area contributed by atoms with Crippen LogP contribution < -0.4 is 10.9 Å². The molecule has 1 saturated carbocycles. The predicted molar refractivity (Wildman–Crippen MR) is 100 cm³/mol. The largest absolute Gasteiger partial charge is 0.367 e. The van der Waals surface area contributed by atoms with Gasteiger partial charge in [0, 0.05) is 37.2 Å². The van der Waals surface area contributed by atoms with E-state index < -0.39 is 0 Å². The van der Waals surface area contributed by atoms with Crippen LogP contribution in [0.15, 0.2) is 23.3 Å². The Balaban J connectivity index is 1.43. The number of fused-ring (bicyclic) bond motifs is 1. The maximum Gasteiger partial charge on any atom is 0.267 e. The monoisotopic (exact) mass is 354 g/mol. The normalized spacial score (nSPS) is 23.5. The first-order chi connectivity index (χ1) is 12.6. The van der Waals surface area contributed by atoms with Crippen molar-refractivity contribution in [1.82, 2.24) is 24.6 Å². The summed E-state index contributed by atoms with van der Waals surface area (Å²) in [5, 5.41) is 8.07. The summed E-state index contributed by atoms with van der Waals surface area (Å²) < 4.78 is 1.67. The number of aryl methyl sites for hydroxylation is 1. The molecule has 0 aromatic carbocycles. The van der Waals surface area contributed by atoms with E-state index in [2.05, 4.69) is 32.3 Å². The lowest BCUT2D eigenvalue weighted by Gasteiger charge is -2.31. The minimum atomic E-state index is -0.0000774. The molecule has 1 aliphatic carbocycles. The Kier molecular flexibility index (Phi) is 4.72. The van der Waals surface area contributed by atoms with E-state index >= 15 is 0 Å². The van der Waals surface area contributed by atoms with Gasteiger partial charge in [0.15, 0.2) is 0 Å². The van der Waals surface area contributed by atoms with Gasteiger partial charge in [-0.1, -0.05) is 0 Å². The molecule has 1 N–H and O–H groups in total. The Bertz CT molecular complexity index is 840. The number of nitrogens with zero attached hydrogens (tertiary/aromatic N) is 5. The molecule has 1 aliphatic heterocycles. The second-order valence-electron chi connectivity index (χ2n) is 7.54. The summed E-state index contributed by atoms with van der Waals surface area (Å²) >= 11 is 0. The van der Waals surface area contributed by atoms with Gasteiger partial charge >= 0.3 is 0 Å². The van der Waals surface area contributed by atoms with Crippen molar-refractivity contribution in [3.8, 4) is 0 Å². The standard InChI is InChI=1S/C19H26N6O/c1-13-3-8-18(26)25(23-13)15-6-4-14(5-7-15)22-19-16-11-24(2)10-9-17(16)20-12-21-19/h3,8,12,14-15H,4-7,9-11H2,1-2H3,(H,20,21,22). The number of nitrogens with one attached hydrogen (secondary N) is 1. The summed E-state index contributed by atoms with van der Waals surface area (Å²) in [4.78, 5) is 23.4. The summed E-state index contributed by atoms with van der Waals surface area (Å²) in [5.74, 6) is 0.982. The summed E-state index contributed by atoms with van der Waals surface area (Å²) in [6.07, 6.45) is 6.61. The topological polar surface area (TPSA) is 75.9 Å². The zero-order valence-electron chi connectivity index (χ0n) is 15.5. The van der Waals surface area contributed by atoms with Gasteiger partial charge in [-0.3, -0.25) is 4.79 Å². The smallest absolute Gasteiger partial charge is 0.267 e. The summed E-state index contributed by atoms with van der Waals surface area (Å²) in [6, 6.07) is 3.99. The molecule has 3 heterocycles. The van der Waals surface area contributed by atoms with Gasteiger partial charge in [0.05, 0.1) is 17.4 Å². The molecule has 138 valence electrons. The van der Waals surface area contributed by atoms with Crippen molar-refractivity contribution in [1.29, 1.82) is 0 Å². The molecule has 7 nitrogen and oxygen atoms in total. The Morgan fingerprint density at radius 3 is 2.77 bits per heavy atom. The van der Waals surface area contributed by atoms with Gasteiger partial charge < -0.3 is 10.2 Å². The second kappa shape index (κ2) is 7.15. The molecule has 0 spiro atoms. The minimum absolute atomic E-state index is 0.0000774. The van der Waals surface area contributed by atoms with Gasteiger partial charge in [0.1, 0.15) is 12.1 Å². The van der Waals surface area contributed by atoms with Crippen molar-refractivity contribution in [3.05, 3.63) is 45.8 Å². The third kappa shape index (κ3) is 3.49. The van der Waals surface area contributed by atoms with Crippen molar-refractivity contribution >= 4 is 5.82 Å². The molecule has 0 amide bonds. The highest BCUT2D eigenvalue weighted by atomic mass is 16.1. The maximum atomic E-state index is 12.1. The number of hydrogen-bond donors (Lipinski definition) is 1. The molecule has 2 aliphatic rings. The van der Waals surface area contributed by atoms with E-state index in [1.165, 1.54) is 11.3 Å². The van der Waals surface area contributed by atoms with E-state index in [0.29, 0.717) is 6.04 Å². The van der Waals surface area contributed by atoms with Crippen LogP contribution in [0, 0.1) is 6.92 Å². The van der Waals surface area contributed by atoms with E-state index in [9.17, 15) is 4.79 Å². The average Bonchev–Trinajstić information content (AvgIpc) is 2.65. The van der Waals surface area contributed by atoms with Gasteiger partial charge in [-0.05, 0) is 45.7 Å². The zero-order chi connectivity index (χ0) is 18.1. The Morgan fingerprint density at radius 1 is 1.15 bits per heavy atom. The molecule has 1 fully saturated rings. The number of likely N-dealkylation sites (N-methyl/N-ethyl adjacent to an activating group) is 1. The molecule has 2 aromatic rings. The molecule has 0 radical (unpaired) electrons. The van der Waals surface area contributed by atoms with Gasteiger partial charge in [0.2, 0.25) is 0 Å². The average molecular weight is 354 g/mol. The molecular formula is C19H26N6O. The van der Waals surface area contributed by atoms with E-state index in [1.54, 1.807) is 23.1 Å². The molecule has 0 unspecified atom stereocenters. The third-order valence-corrected chi connectivity index (χ3v) is 5.53. The predicted octanol–water partition coefficient (Wildman–Crippen LogP) is 1.93. The van der Waals surface area contributed by atoms with E-state index in [0.717, 1.165) is 56.7 Å². The number of rotatable bonds is 3. The van der Waals surface area contributed by atoms with Crippen molar-refractivity contribution in [2.24, 2.45) is 0 Å². The lowest BCUT2D eigenvalue weighted by atomic mass is 9.91. The molecule has 7 heteroatoms. The number of anilines is 1. The maximum absolute atomic E-state index is 12.1. The molecule has 26 heavy (non-hydrogen) atoms. The van der Waals surface area contributed by atoms with E-state index in [1.807, 2.05) is 6.92 Å². The molecule has 0 saturated heterocycles. The van der Waals surface area contributed by atoms with Crippen LogP contribution in [-0.2, 0) is 13.0 Å². The highest BCUT2D eigenvalue weighted by Crippen LogP contribution is 2.30. The van der Waals surface area contributed by atoms with Crippen LogP contribution in [0.2, 0.25) is 0 Å². The quantitative estimate of drug-likeness (QED) is 0.908. The molecule has 4 rings (SSSR count). The van der Waals surface area contributed by atoms with Gasteiger partial charge in [-0.2, -0.15) is 5.10 Å². The van der Waals surface area contributed by atoms with Gasteiger partial charge in [-0.25, -0.2) is 14.6 Å². The van der Waals surface area contributed by atoms with Crippen molar-refractivity contribution in [2.75, 3.05) is 18.9 Å². The Hall–Kier alpha value is -2.28. The Labute approximate surface area is 153 Å². The van der Waals surface area contributed by atoms with Crippen LogP contribution in [0.4, 0.5) is 5.82 Å². The first-order valence-electron chi connectivity index (χ1n) is 9.44. The molecular weight excluding hydrogens is 328 g/mol. The lowest BCUT2D eigenvalue weighted by Crippen LogP contribution is -2.34. The SMILES string of the molecule is Cc1ccc(=O)n(C2CCC(Nc3ncnc4c3CN(C)CC4)CC2)n1. The van der Waals surface area contributed by atoms with Gasteiger partial charge in [0.25, 0.3) is 5.56 Å². The van der Waals surface area contributed by atoms with E-state index in [4.69, 9.17) is 0 Å². The zero-order valence-corrected chi connectivity index (χ0v) is 15.5. The van der Waals surface area contributed by atoms with Crippen LogP contribution in [0.25, 0.3) is 0 Å². The van der Waals surface area contributed by atoms with Crippen LogP contribution in [0.1, 0.15) is 48.7 Å². The number of aromatic nitrogens is 4. The second-order valence-corrected chi connectivity index (χ2v) is 7.54. The first kappa shape index (κ1) is 17.1. The molecule has 0 atom stereocenters. The summed E-state index contributed by atoms with van der Waals surface area (Å²) in [5.41, 5.74) is 3.30. The third-order valence-electron chi connectivity index (χ3n) is 5.53. The summed E-state index contributed by atoms with van der Waals surface area (Å²) in [7, 11) is 2.14. The van der Waals surface area contributed by atoms with Crippen molar-refractivity contribution in [2.45, 2.75) is 57.7 Å². The van der Waals surface area contributed by atoms with Gasteiger partial charge in [-0.15, -0.1) is 0 Å². The van der Waals surface area contributed by atoms with Crippen LogP contribution in [0.5, 0.6) is 0 Å². The highest BCUT2D eigenvalue weighted by Gasteiger charge is 2.26. The molecule has 0 bridgehead atoms. The number of hydrogen-bond acceptors (Lipinski definition) is 6. The summed E-state index contributed by atoms with van der Waals surface area (Å²) in [6.45, 7) is 3.88. The lowest BCUT2D eigenvalue weighted by molar-refractivity contribution is 0.299. The first-order valence-corrected chi connectivity index (χ1v) is 9.44. The Morgan fingerprint density at radius 2 is 1.96 bits per heavy atom. The molecule has 2 aromatic heterocycles. The van der Waals surface area contributed by atoms with Crippen molar-refractivity contribution < 1.29 is 0 Å². The fourth-order valence-electron chi connectivity index (χ4n) is 4.04. The van der Waals surface area contributed by atoms with Crippen LogP contribution in [-0.4, -0.2) is 44.3 Å². The minimum Gasteiger partial charge on any atom is -0.367 e. The van der Waals surface area contributed by atoms with Crippen LogP contribution in [0.3, 0.4) is 0 Å². The van der Waals surface area contributed by atoms with E-state index in [-0.39, 0.29) is 11.6 Å². The van der Waals surface area contributed by atoms with Crippen LogP contribution >= 0.6 is 0 Å².